The first-order valence-corrected chi connectivity index (χ1v) is 6.35. The number of ketones is 1. The molecule has 0 aromatic heterocycles. The van der Waals surface area contributed by atoms with Crippen molar-refractivity contribution in [2.75, 3.05) is 0 Å². The number of carbonyl (C=O) groups excluding carboxylic acids is 1. The molecule has 1 fully saturated rings. The Morgan fingerprint density at radius 1 is 1.31 bits per heavy atom. The second kappa shape index (κ2) is 4.82. The standard InChI is InChI=1S/C15H20O/c1-3-4-12-5-7-14(8-6-12)15(16)11(2)13-9-10-13/h5-8,11,13H,3-4,9-10H2,1-2H3. The molecular formula is C15H20O. The van der Waals surface area contributed by atoms with Gasteiger partial charge in [0, 0.05) is 11.5 Å². The van der Waals surface area contributed by atoms with Crippen LogP contribution in [0.15, 0.2) is 24.3 Å². The monoisotopic (exact) mass is 216 g/mol. The van der Waals surface area contributed by atoms with E-state index >= 15 is 0 Å². The summed E-state index contributed by atoms with van der Waals surface area (Å²) in [5, 5.41) is 0. The van der Waals surface area contributed by atoms with Gasteiger partial charge in [-0.1, -0.05) is 44.5 Å². The van der Waals surface area contributed by atoms with Crippen molar-refractivity contribution in [3.05, 3.63) is 35.4 Å². The first kappa shape index (κ1) is 11.4. The molecule has 0 saturated heterocycles. The minimum atomic E-state index is 0.219. The molecule has 0 aliphatic heterocycles. The summed E-state index contributed by atoms with van der Waals surface area (Å²) in [5.74, 6) is 1.20. The maximum absolute atomic E-state index is 12.1. The van der Waals surface area contributed by atoms with Gasteiger partial charge in [-0.15, -0.1) is 0 Å². The van der Waals surface area contributed by atoms with Gasteiger partial charge in [-0.3, -0.25) is 4.79 Å². The lowest BCUT2D eigenvalue weighted by Gasteiger charge is -2.09. The van der Waals surface area contributed by atoms with E-state index < -0.39 is 0 Å². The minimum Gasteiger partial charge on any atom is -0.294 e. The summed E-state index contributed by atoms with van der Waals surface area (Å²) in [5.41, 5.74) is 2.22. The molecule has 1 unspecified atom stereocenters. The third kappa shape index (κ3) is 2.52. The van der Waals surface area contributed by atoms with Crippen LogP contribution in [-0.4, -0.2) is 5.78 Å². The van der Waals surface area contributed by atoms with Gasteiger partial charge in [0.2, 0.25) is 0 Å². The lowest BCUT2D eigenvalue weighted by atomic mass is 9.94. The molecule has 0 spiro atoms. The Kier molecular flexibility index (Phi) is 3.42. The molecule has 0 bridgehead atoms. The molecule has 1 atom stereocenters. The van der Waals surface area contributed by atoms with E-state index in [1.165, 1.54) is 18.4 Å². The zero-order valence-electron chi connectivity index (χ0n) is 10.2. The van der Waals surface area contributed by atoms with Crippen LogP contribution in [0.1, 0.15) is 49.0 Å². The van der Waals surface area contributed by atoms with Gasteiger partial charge >= 0.3 is 0 Å². The number of hydrogen-bond acceptors (Lipinski definition) is 1. The maximum Gasteiger partial charge on any atom is 0.165 e. The van der Waals surface area contributed by atoms with Crippen LogP contribution in [0.25, 0.3) is 0 Å². The van der Waals surface area contributed by atoms with Crippen LogP contribution in [0.4, 0.5) is 0 Å². The van der Waals surface area contributed by atoms with Crippen LogP contribution in [-0.2, 0) is 6.42 Å². The zero-order valence-corrected chi connectivity index (χ0v) is 10.2. The van der Waals surface area contributed by atoms with Crippen LogP contribution in [0.2, 0.25) is 0 Å². The Morgan fingerprint density at radius 2 is 1.94 bits per heavy atom. The van der Waals surface area contributed by atoms with E-state index in [4.69, 9.17) is 0 Å². The van der Waals surface area contributed by atoms with E-state index in [0.717, 1.165) is 18.4 Å². The predicted octanol–water partition coefficient (Wildman–Crippen LogP) is 3.87. The number of Topliss-reactive ketones (excluding diaryl/α,β-unsaturated/α-hetero) is 1. The van der Waals surface area contributed by atoms with Gasteiger partial charge in [-0.2, -0.15) is 0 Å². The van der Waals surface area contributed by atoms with E-state index in [-0.39, 0.29) is 5.92 Å². The summed E-state index contributed by atoms with van der Waals surface area (Å²) in [6, 6.07) is 8.17. The highest BCUT2D eigenvalue weighted by Gasteiger charge is 2.32. The first-order valence-electron chi connectivity index (χ1n) is 6.35. The Bertz CT molecular complexity index is 360. The van der Waals surface area contributed by atoms with E-state index in [2.05, 4.69) is 26.0 Å². The van der Waals surface area contributed by atoms with E-state index in [1.54, 1.807) is 0 Å². The lowest BCUT2D eigenvalue weighted by Crippen LogP contribution is -2.13. The van der Waals surface area contributed by atoms with Gasteiger partial charge in [-0.25, -0.2) is 0 Å². The van der Waals surface area contributed by atoms with Gasteiger partial charge in [0.25, 0.3) is 0 Å². The molecule has 1 saturated carbocycles. The van der Waals surface area contributed by atoms with Crippen molar-refractivity contribution < 1.29 is 4.79 Å². The quantitative estimate of drug-likeness (QED) is 0.683. The van der Waals surface area contributed by atoms with E-state index in [0.29, 0.717) is 11.7 Å². The van der Waals surface area contributed by atoms with Gasteiger partial charge < -0.3 is 0 Å². The highest BCUT2D eigenvalue weighted by molar-refractivity contribution is 5.98. The van der Waals surface area contributed by atoms with Crippen LogP contribution >= 0.6 is 0 Å². The molecule has 0 radical (unpaired) electrons. The molecule has 1 aliphatic carbocycles. The molecule has 1 aliphatic rings. The minimum absolute atomic E-state index is 0.219. The first-order chi connectivity index (χ1) is 7.72. The second-order valence-corrected chi connectivity index (χ2v) is 4.94. The fourth-order valence-electron chi connectivity index (χ4n) is 2.20. The van der Waals surface area contributed by atoms with Crippen molar-refractivity contribution >= 4 is 5.78 Å². The third-order valence-corrected chi connectivity index (χ3v) is 3.52. The van der Waals surface area contributed by atoms with Gasteiger partial charge in [-0.05, 0) is 30.7 Å². The summed E-state index contributed by atoms with van der Waals surface area (Å²) < 4.78 is 0. The van der Waals surface area contributed by atoms with Gasteiger partial charge in [0.05, 0.1) is 0 Å². The molecule has 86 valence electrons. The van der Waals surface area contributed by atoms with Crippen LogP contribution in [0, 0.1) is 11.8 Å². The maximum atomic E-state index is 12.1. The predicted molar refractivity (Wildman–Crippen MR) is 66.7 cm³/mol. The Balaban J connectivity index is 2.05. The molecule has 0 N–H and O–H groups in total. The van der Waals surface area contributed by atoms with E-state index in [1.807, 2.05) is 12.1 Å². The van der Waals surface area contributed by atoms with Crippen molar-refractivity contribution in [3.8, 4) is 0 Å². The SMILES string of the molecule is CCCc1ccc(C(=O)C(C)C2CC2)cc1. The second-order valence-electron chi connectivity index (χ2n) is 4.94. The smallest absolute Gasteiger partial charge is 0.165 e. The molecule has 1 aromatic carbocycles. The summed E-state index contributed by atoms with van der Waals surface area (Å²) in [7, 11) is 0. The van der Waals surface area contributed by atoms with Crippen LogP contribution < -0.4 is 0 Å². The average molecular weight is 216 g/mol. The number of benzene rings is 1. The summed E-state index contributed by atoms with van der Waals surface area (Å²) >= 11 is 0. The third-order valence-electron chi connectivity index (χ3n) is 3.52. The van der Waals surface area contributed by atoms with Crippen molar-refractivity contribution in [3.63, 3.8) is 0 Å². The zero-order chi connectivity index (χ0) is 11.5. The number of aryl methyl sites for hydroxylation is 1. The number of hydrogen-bond donors (Lipinski definition) is 0. The van der Waals surface area contributed by atoms with Gasteiger partial charge in [0.1, 0.15) is 0 Å². The highest BCUT2D eigenvalue weighted by atomic mass is 16.1. The molecule has 1 heteroatoms. The highest BCUT2D eigenvalue weighted by Crippen LogP contribution is 2.38. The molecule has 16 heavy (non-hydrogen) atoms. The number of rotatable bonds is 5. The molecule has 1 aromatic rings. The molecular weight excluding hydrogens is 196 g/mol. The Labute approximate surface area is 97.9 Å². The Morgan fingerprint density at radius 3 is 2.44 bits per heavy atom. The Hall–Kier alpha value is -1.11. The molecule has 2 rings (SSSR count). The van der Waals surface area contributed by atoms with Crippen molar-refractivity contribution in [2.24, 2.45) is 11.8 Å². The largest absolute Gasteiger partial charge is 0.294 e. The average Bonchev–Trinajstić information content (AvgIpc) is 3.12. The molecule has 0 heterocycles. The van der Waals surface area contributed by atoms with Crippen molar-refractivity contribution in [2.45, 2.75) is 39.5 Å². The van der Waals surface area contributed by atoms with Crippen molar-refractivity contribution in [1.82, 2.24) is 0 Å². The van der Waals surface area contributed by atoms with Gasteiger partial charge in [0.15, 0.2) is 5.78 Å². The van der Waals surface area contributed by atoms with Crippen LogP contribution in [0.5, 0.6) is 0 Å². The summed E-state index contributed by atoms with van der Waals surface area (Å²) in [4.78, 5) is 12.1. The normalized spacial score (nSPS) is 17.1. The van der Waals surface area contributed by atoms with Crippen LogP contribution in [0.3, 0.4) is 0 Å². The van der Waals surface area contributed by atoms with Crippen molar-refractivity contribution in [1.29, 1.82) is 0 Å². The van der Waals surface area contributed by atoms with E-state index in [9.17, 15) is 4.79 Å². The lowest BCUT2D eigenvalue weighted by molar-refractivity contribution is 0.0916. The summed E-state index contributed by atoms with van der Waals surface area (Å²) in [6.07, 6.45) is 4.74. The topological polar surface area (TPSA) is 17.1 Å². The summed E-state index contributed by atoms with van der Waals surface area (Å²) in [6.45, 7) is 4.24. The fraction of sp³-hybridized carbons (Fsp3) is 0.533. The molecule has 0 amide bonds. The fourth-order valence-corrected chi connectivity index (χ4v) is 2.20. The number of carbonyl (C=O) groups is 1. The molecule has 1 nitrogen and oxygen atoms in total.